The van der Waals surface area contributed by atoms with E-state index in [0.717, 1.165) is 37.4 Å². The second kappa shape index (κ2) is 5.28. The molecular formula is C15H22ClN3. The first kappa shape index (κ1) is 13.2. The summed E-state index contributed by atoms with van der Waals surface area (Å²) in [5.41, 5.74) is 2.59. The monoisotopic (exact) mass is 279 g/mol. The van der Waals surface area contributed by atoms with Crippen molar-refractivity contribution in [1.29, 1.82) is 0 Å². The highest BCUT2D eigenvalue weighted by Crippen LogP contribution is 2.37. The lowest BCUT2D eigenvalue weighted by atomic mass is 9.78. The van der Waals surface area contributed by atoms with E-state index in [-0.39, 0.29) is 5.54 Å². The van der Waals surface area contributed by atoms with Gasteiger partial charge in [-0.15, -0.1) is 11.6 Å². The van der Waals surface area contributed by atoms with E-state index in [0.29, 0.717) is 5.88 Å². The van der Waals surface area contributed by atoms with Gasteiger partial charge in [-0.3, -0.25) is 0 Å². The van der Waals surface area contributed by atoms with Crippen LogP contribution in [0, 0.1) is 5.92 Å². The molecule has 0 saturated heterocycles. The summed E-state index contributed by atoms with van der Waals surface area (Å²) in [6.45, 7) is 2.33. The van der Waals surface area contributed by atoms with Crippen molar-refractivity contribution < 1.29 is 0 Å². The van der Waals surface area contributed by atoms with Crippen molar-refractivity contribution in [2.75, 3.05) is 11.2 Å². The van der Waals surface area contributed by atoms with Gasteiger partial charge in [0.2, 0.25) is 0 Å². The topological polar surface area (TPSA) is 37.8 Å². The van der Waals surface area contributed by atoms with Crippen molar-refractivity contribution in [3.05, 3.63) is 17.6 Å². The van der Waals surface area contributed by atoms with Crippen LogP contribution in [0.1, 0.15) is 50.3 Å². The van der Waals surface area contributed by atoms with Gasteiger partial charge < -0.3 is 5.32 Å². The average Bonchev–Trinajstić information content (AvgIpc) is 2.91. The molecule has 0 unspecified atom stereocenters. The summed E-state index contributed by atoms with van der Waals surface area (Å²) in [5.74, 6) is 2.53. The fourth-order valence-corrected chi connectivity index (χ4v) is 3.66. The number of nitrogens with one attached hydrogen (secondary N) is 1. The number of aromatic nitrogens is 2. The number of fused-ring (bicyclic) bond motifs is 1. The van der Waals surface area contributed by atoms with E-state index in [9.17, 15) is 0 Å². The SMILES string of the molecule is CC1CCC(CCl)(Nc2ncnc3c2CCC3)CC1. The van der Waals surface area contributed by atoms with Gasteiger partial charge in [0, 0.05) is 17.1 Å². The van der Waals surface area contributed by atoms with E-state index in [4.69, 9.17) is 11.6 Å². The Hall–Kier alpha value is -0.830. The van der Waals surface area contributed by atoms with Crippen molar-refractivity contribution in [3.8, 4) is 0 Å². The van der Waals surface area contributed by atoms with E-state index in [1.165, 1.54) is 30.5 Å². The normalized spacial score (nSPS) is 30.1. The standard InChI is InChI=1S/C15H22ClN3/c1-11-5-7-15(9-16,8-6-11)19-14-12-3-2-4-13(12)17-10-18-14/h10-11H,2-9H2,1H3,(H,17,18,19). The van der Waals surface area contributed by atoms with Gasteiger partial charge in [0.05, 0.1) is 5.54 Å². The zero-order valence-electron chi connectivity index (χ0n) is 11.6. The van der Waals surface area contributed by atoms with Crippen LogP contribution < -0.4 is 5.32 Å². The first-order valence-electron chi connectivity index (χ1n) is 7.39. The lowest BCUT2D eigenvalue weighted by Gasteiger charge is -2.39. The molecule has 1 fully saturated rings. The average molecular weight is 280 g/mol. The fraction of sp³-hybridized carbons (Fsp3) is 0.733. The molecule has 1 aromatic heterocycles. The molecule has 1 aromatic rings. The number of aryl methyl sites for hydroxylation is 1. The van der Waals surface area contributed by atoms with Crippen LogP contribution in [-0.2, 0) is 12.8 Å². The maximum atomic E-state index is 6.28. The molecular weight excluding hydrogens is 258 g/mol. The molecule has 1 heterocycles. The Labute approximate surface area is 120 Å². The van der Waals surface area contributed by atoms with Crippen molar-refractivity contribution in [2.24, 2.45) is 5.92 Å². The minimum absolute atomic E-state index is 0.0405. The predicted octanol–water partition coefficient (Wildman–Crippen LogP) is 3.56. The largest absolute Gasteiger partial charge is 0.363 e. The third kappa shape index (κ3) is 2.58. The van der Waals surface area contributed by atoms with Crippen LogP contribution in [0.15, 0.2) is 6.33 Å². The lowest BCUT2D eigenvalue weighted by molar-refractivity contribution is 0.286. The van der Waals surface area contributed by atoms with Gasteiger partial charge >= 0.3 is 0 Å². The molecule has 19 heavy (non-hydrogen) atoms. The summed E-state index contributed by atoms with van der Waals surface area (Å²) in [5, 5.41) is 3.68. The number of hydrogen-bond acceptors (Lipinski definition) is 3. The number of halogens is 1. The van der Waals surface area contributed by atoms with E-state index in [1.807, 2.05) is 0 Å². The second-order valence-corrected chi connectivity index (χ2v) is 6.49. The molecule has 0 aliphatic heterocycles. The maximum absolute atomic E-state index is 6.28. The van der Waals surface area contributed by atoms with Gasteiger partial charge in [-0.1, -0.05) is 6.92 Å². The van der Waals surface area contributed by atoms with E-state index in [2.05, 4.69) is 22.2 Å². The first-order valence-corrected chi connectivity index (χ1v) is 7.93. The lowest BCUT2D eigenvalue weighted by Crippen LogP contribution is -2.44. The van der Waals surface area contributed by atoms with E-state index in [1.54, 1.807) is 6.33 Å². The molecule has 2 aliphatic carbocycles. The second-order valence-electron chi connectivity index (χ2n) is 6.22. The highest BCUT2D eigenvalue weighted by atomic mass is 35.5. The summed E-state index contributed by atoms with van der Waals surface area (Å²) in [4.78, 5) is 8.87. The minimum atomic E-state index is 0.0405. The molecule has 3 rings (SSSR count). The quantitative estimate of drug-likeness (QED) is 0.860. The Bertz CT molecular complexity index is 453. The summed E-state index contributed by atoms with van der Waals surface area (Å²) in [6.07, 6.45) is 9.91. The molecule has 0 aromatic carbocycles. The number of hydrogen-bond donors (Lipinski definition) is 1. The Kier molecular flexibility index (Phi) is 3.66. The maximum Gasteiger partial charge on any atom is 0.133 e. The molecule has 3 nitrogen and oxygen atoms in total. The highest BCUT2D eigenvalue weighted by molar-refractivity contribution is 6.18. The molecule has 0 bridgehead atoms. The smallest absolute Gasteiger partial charge is 0.133 e. The van der Waals surface area contributed by atoms with Gasteiger partial charge in [-0.05, 0) is 50.9 Å². The summed E-state index contributed by atoms with van der Waals surface area (Å²) in [6, 6.07) is 0. The highest BCUT2D eigenvalue weighted by Gasteiger charge is 2.34. The Morgan fingerprint density at radius 1 is 1.32 bits per heavy atom. The van der Waals surface area contributed by atoms with Crippen LogP contribution >= 0.6 is 11.6 Å². The van der Waals surface area contributed by atoms with Crippen LogP contribution in [0.25, 0.3) is 0 Å². The van der Waals surface area contributed by atoms with Gasteiger partial charge in [0.1, 0.15) is 12.1 Å². The fourth-order valence-electron chi connectivity index (χ4n) is 3.33. The number of nitrogens with zero attached hydrogens (tertiary/aromatic N) is 2. The van der Waals surface area contributed by atoms with Gasteiger partial charge in [0.25, 0.3) is 0 Å². The van der Waals surface area contributed by atoms with Crippen molar-refractivity contribution >= 4 is 17.4 Å². The number of rotatable bonds is 3. The molecule has 0 spiro atoms. The Morgan fingerprint density at radius 2 is 2.11 bits per heavy atom. The molecule has 1 saturated carbocycles. The first-order chi connectivity index (χ1) is 9.22. The minimum Gasteiger partial charge on any atom is -0.363 e. The van der Waals surface area contributed by atoms with Crippen LogP contribution in [0.3, 0.4) is 0 Å². The number of alkyl halides is 1. The van der Waals surface area contributed by atoms with Gasteiger partial charge in [0.15, 0.2) is 0 Å². The van der Waals surface area contributed by atoms with E-state index < -0.39 is 0 Å². The van der Waals surface area contributed by atoms with Gasteiger partial charge in [-0.2, -0.15) is 0 Å². The molecule has 0 radical (unpaired) electrons. The van der Waals surface area contributed by atoms with Crippen LogP contribution in [0.4, 0.5) is 5.82 Å². The zero-order valence-corrected chi connectivity index (χ0v) is 12.3. The Balaban J connectivity index is 1.82. The molecule has 1 N–H and O–H groups in total. The van der Waals surface area contributed by atoms with Crippen LogP contribution in [0.2, 0.25) is 0 Å². The Morgan fingerprint density at radius 3 is 2.84 bits per heavy atom. The summed E-state index contributed by atoms with van der Waals surface area (Å²) >= 11 is 6.28. The van der Waals surface area contributed by atoms with Crippen LogP contribution in [-0.4, -0.2) is 21.4 Å². The third-order valence-electron chi connectivity index (χ3n) is 4.75. The third-order valence-corrected chi connectivity index (χ3v) is 5.26. The van der Waals surface area contributed by atoms with Crippen LogP contribution in [0.5, 0.6) is 0 Å². The molecule has 0 amide bonds. The molecule has 104 valence electrons. The molecule has 2 aliphatic rings. The molecule has 4 heteroatoms. The summed E-state index contributed by atoms with van der Waals surface area (Å²) in [7, 11) is 0. The summed E-state index contributed by atoms with van der Waals surface area (Å²) < 4.78 is 0. The van der Waals surface area contributed by atoms with Crippen molar-refractivity contribution in [1.82, 2.24) is 9.97 Å². The van der Waals surface area contributed by atoms with E-state index >= 15 is 0 Å². The van der Waals surface area contributed by atoms with Crippen molar-refractivity contribution in [2.45, 2.75) is 57.4 Å². The van der Waals surface area contributed by atoms with Crippen molar-refractivity contribution in [3.63, 3.8) is 0 Å². The predicted molar refractivity (Wildman–Crippen MR) is 78.8 cm³/mol. The van der Waals surface area contributed by atoms with Gasteiger partial charge in [-0.25, -0.2) is 9.97 Å². The molecule has 0 atom stereocenters. The zero-order chi connectivity index (χ0) is 13.3. The number of anilines is 1.